The molecule has 2 aromatic rings. The van der Waals surface area contributed by atoms with Crippen LogP contribution in [0.25, 0.3) is 11.3 Å². The highest BCUT2D eigenvalue weighted by atomic mass is 32.2. The molecule has 0 radical (unpaired) electrons. The first-order chi connectivity index (χ1) is 16.4. The average Bonchev–Trinajstić information content (AvgIpc) is 3.09. The molecular weight excluding hydrogens is 479 g/mol. The normalized spacial score (nSPS) is 22.3. The fraction of sp³-hybridized carbons (Fsp3) is 0.560. The van der Waals surface area contributed by atoms with Gasteiger partial charge in [0.15, 0.2) is 0 Å². The third-order valence-electron chi connectivity index (χ3n) is 6.38. The van der Waals surface area contributed by atoms with Crippen LogP contribution in [-0.4, -0.2) is 51.2 Å². The van der Waals surface area contributed by atoms with Gasteiger partial charge in [0, 0.05) is 22.9 Å². The van der Waals surface area contributed by atoms with Crippen molar-refractivity contribution in [3.8, 4) is 17.0 Å². The molecule has 1 aromatic heterocycles. The van der Waals surface area contributed by atoms with Crippen molar-refractivity contribution in [1.82, 2.24) is 15.1 Å². The SMILES string of the molecule is COc1cc(C(F)(F)F)ccc1-c1nnc(S[C@@H]2CC[C@@H]3CC[C@H]2N3C(=O)OC(C)(C)C)cc1C. The molecule has 6 nitrogen and oxygen atoms in total. The van der Waals surface area contributed by atoms with Crippen LogP contribution in [0.3, 0.4) is 0 Å². The Balaban J connectivity index is 1.53. The molecule has 2 saturated heterocycles. The zero-order chi connectivity index (χ0) is 25.5. The van der Waals surface area contributed by atoms with Crippen molar-refractivity contribution in [2.45, 2.75) is 87.5 Å². The quantitative estimate of drug-likeness (QED) is 0.469. The number of aryl methyl sites for hydroxylation is 1. The van der Waals surface area contributed by atoms with Gasteiger partial charge in [-0.3, -0.25) is 0 Å². The van der Waals surface area contributed by atoms with Gasteiger partial charge < -0.3 is 14.4 Å². The Hall–Kier alpha value is -2.49. The van der Waals surface area contributed by atoms with Gasteiger partial charge in [-0.2, -0.15) is 13.2 Å². The predicted molar refractivity (Wildman–Crippen MR) is 128 cm³/mol. The molecule has 0 aliphatic carbocycles. The number of halogens is 3. The van der Waals surface area contributed by atoms with E-state index in [0.29, 0.717) is 11.3 Å². The number of hydrogen-bond acceptors (Lipinski definition) is 6. The Morgan fingerprint density at radius 3 is 2.43 bits per heavy atom. The van der Waals surface area contributed by atoms with Gasteiger partial charge in [0.2, 0.25) is 0 Å². The zero-order valence-corrected chi connectivity index (χ0v) is 21.3. The number of rotatable bonds is 4. The smallest absolute Gasteiger partial charge is 0.416 e. The first kappa shape index (κ1) is 25.6. The summed E-state index contributed by atoms with van der Waals surface area (Å²) in [6.45, 7) is 7.46. The second-order valence-electron chi connectivity index (χ2n) is 10.0. The van der Waals surface area contributed by atoms with Gasteiger partial charge in [0.05, 0.1) is 18.4 Å². The number of hydrogen-bond donors (Lipinski definition) is 0. The Bertz CT molecular complexity index is 1100. The Morgan fingerprint density at radius 1 is 1.09 bits per heavy atom. The van der Waals surface area contributed by atoms with E-state index in [-0.39, 0.29) is 29.2 Å². The Kier molecular flexibility index (Phi) is 6.96. The number of thioether (sulfide) groups is 1. The van der Waals surface area contributed by atoms with Crippen molar-refractivity contribution in [2.75, 3.05) is 7.11 Å². The summed E-state index contributed by atoms with van der Waals surface area (Å²) in [5.74, 6) is 0.0925. The fourth-order valence-electron chi connectivity index (χ4n) is 4.85. The minimum Gasteiger partial charge on any atom is -0.496 e. The average molecular weight is 510 g/mol. The topological polar surface area (TPSA) is 64.6 Å². The number of amides is 1. The van der Waals surface area contributed by atoms with Crippen LogP contribution in [0.15, 0.2) is 29.3 Å². The van der Waals surface area contributed by atoms with E-state index in [9.17, 15) is 18.0 Å². The minimum absolute atomic E-state index is 0.0744. The van der Waals surface area contributed by atoms with E-state index in [1.54, 1.807) is 11.8 Å². The third kappa shape index (κ3) is 5.52. The summed E-state index contributed by atoms with van der Waals surface area (Å²) in [5, 5.41) is 9.60. The van der Waals surface area contributed by atoms with E-state index < -0.39 is 17.3 Å². The largest absolute Gasteiger partial charge is 0.496 e. The molecule has 3 heterocycles. The van der Waals surface area contributed by atoms with E-state index >= 15 is 0 Å². The number of alkyl halides is 3. The van der Waals surface area contributed by atoms with Gasteiger partial charge in [-0.05, 0) is 83.2 Å². The van der Waals surface area contributed by atoms with Gasteiger partial charge in [0.1, 0.15) is 16.4 Å². The number of fused-ring (bicyclic) bond motifs is 2. The summed E-state index contributed by atoms with van der Waals surface area (Å²) in [6.07, 6.45) is -0.941. The fourth-order valence-corrected chi connectivity index (χ4v) is 6.17. The number of ether oxygens (including phenoxy) is 2. The second-order valence-corrected chi connectivity index (χ2v) is 11.3. The van der Waals surface area contributed by atoms with Gasteiger partial charge in [-0.1, -0.05) is 11.8 Å². The summed E-state index contributed by atoms with van der Waals surface area (Å²) in [5.41, 5.74) is 0.380. The van der Waals surface area contributed by atoms with Crippen molar-refractivity contribution in [2.24, 2.45) is 0 Å². The molecule has 0 spiro atoms. The van der Waals surface area contributed by atoms with E-state index in [2.05, 4.69) is 10.2 Å². The highest BCUT2D eigenvalue weighted by Crippen LogP contribution is 2.44. The van der Waals surface area contributed by atoms with Crippen LogP contribution in [0.4, 0.5) is 18.0 Å². The van der Waals surface area contributed by atoms with Crippen LogP contribution < -0.4 is 4.74 Å². The van der Waals surface area contributed by atoms with Crippen LogP contribution in [-0.2, 0) is 10.9 Å². The molecule has 0 N–H and O–H groups in total. The molecule has 2 aliphatic heterocycles. The van der Waals surface area contributed by atoms with Crippen molar-refractivity contribution >= 4 is 17.9 Å². The summed E-state index contributed by atoms with van der Waals surface area (Å²) >= 11 is 1.59. The molecule has 3 atom stereocenters. The maximum Gasteiger partial charge on any atom is 0.416 e. The third-order valence-corrected chi connectivity index (χ3v) is 7.68. The number of methoxy groups -OCH3 is 1. The maximum absolute atomic E-state index is 13.1. The molecule has 190 valence electrons. The van der Waals surface area contributed by atoms with Gasteiger partial charge in [0.25, 0.3) is 0 Å². The van der Waals surface area contributed by atoms with Crippen LogP contribution in [0.1, 0.15) is 57.6 Å². The highest BCUT2D eigenvalue weighted by Gasteiger charge is 2.46. The molecule has 35 heavy (non-hydrogen) atoms. The van der Waals surface area contributed by atoms with Gasteiger partial charge in [-0.25, -0.2) is 4.79 Å². The van der Waals surface area contributed by atoms with Crippen LogP contribution in [0, 0.1) is 6.92 Å². The molecule has 1 aromatic carbocycles. The van der Waals surface area contributed by atoms with Crippen LogP contribution in [0.5, 0.6) is 5.75 Å². The van der Waals surface area contributed by atoms with E-state index in [1.165, 1.54) is 13.2 Å². The molecule has 10 heteroatoms. The number of piperidine rings is 1. The summed E-state index contributed by atoms with van der Waals surface area (Å²) in [6, 6.07) is 5.54. The molecule has 1 amide bonds. The van der Waals surface area contributed by atoms with Crippen LogP contribution in [0.2, 0.25) is 0 Å². The predicted octanol–water partition coefficient (Wildman–Crippen LogP) is 6.50. The lowest BCUT2D eigenvalue weighted by atomic mass is 10.0. The number of nitrogens with zero attached hydrogens (tertiary/aromatic N) is 3. The first-order valence-electron chi connectivity index (χ1n) is 11.7. The number of carbonyl (C=O) groups is 1. The van der Waals surface area contributed by atoms with Gasteiger partial charge in [-0.15, -0.1) is 10.2 Å². The Labute approximate surface area is 207 Å². The second kappa shape index (κ2) is 9.52. The lowest BCUT2D eigenvalue weighted by molar-refractivity contribution is -0.137. The monoisotopic (exact) mass is 509 g/mol. The highest BCUT2D eigenvalue weighted by molar-refractivity contribution is 7.99. The van der Waals surface area contributed by atoms with Crippen molar-refractivity contribution in [3.05, 3.63) is 35.4 Å². The zero-order valence-electron chi connectivity index (χ0n) is 20.5. The minimum atomic E-state index is -4.46. The molecule has 0 unspecified atom stereocenters. The van der Waals surface area contributed by atoms with Crippen LogP contribution >= 0.6 is 11.8 Å². The lowest BCUT2D eigenvalue weighted by Gasteiger charge is -2.40. The molecular formula is C25H30F3N3O3S. The summed E-state index contributed by atoms with van der Waals surface area (Å²) in [7, 11) is 1.33. The van der Waals surface area contributed by atoms with Gasteiger partial charge >= 0.3 is 12.3 Å². The first-order valence-corrected chi connectivity index (χ1v) is 12.5. The lowest BCUT2D eigenvalue weighted by Crippen LogP contribution is -2.51. The molecule has 2 bridgehead atoms. The molecule has 2 fully saturated rings. The van der Waals surface area contributed by atoms with Crippen molar-refractivity contribution in [1.29, 1.82) is 0 Å². The Morgan fingerprint density at radius 2 is 1.80 bits per heavy atom. The maximum atomic E-state index is 13.1. The number of benzene rings is 1. The molecule has 2 aliphatic rings. The number of carbonyl (C=O) groups excluding carboxylic acids is 1. The number of aromatic nitrogens is 2. The molecule has 0 saturated carbocycles. The molecule has 4 rings (SSSR count). The van der Waals surface area contributed by atoms with Crippen molar-refractivity contribution in [3.63, 3.8) is 0 Å². The van der Waals surface area contributed by atoms with Crippen molar-refractivity contribution < 1.29 is 27.4 Å². The summed E-state index contributed by atoms with van der Waals surface area (Å²) in [4.78, 5) is 14.8. The van der Waals surface area contributed by atoms with E-state index in [1.807, 2.05) is 38.7 Å². The standard InChI is InChI=1S/C25H30F3N3O3S/c1-14-12-21(29-30-22(14)17-9-6-15(25(26,27)28)13-19(17)33-5)35-20-11-8-16-7-10-18(20)31(16)23(32)34-24(2,3)4/h6,9,12-13,16,18,20H,7-8,10-11H2,1-5H3/t16-,18+,20+/m0/s1. The van der Waals surface area contributed by atoms with E-state index in [0.717, 1.165) is 48.4 Å². The summed E-state index contributed by atoms with van der Waals surface area (Å²) < 4.78 is 50.2. The van der Waals surface area contributed by atoms with E-state index in [4.69, 9.17) is 9.47 Å².